The Morgan fingerprint density at radius 2 is 2.25 bits per heavy atom. The Labute approximate surface area is 75.5 Å². The molecule has 0 rings (SSSR count). The molecule has 0 fully saturated rings. The van der Waals surface area contributed by atoms with Crippen LogP contribution in [-0.4, -0.2) is 35.6 Å². The molecule has 0 saturated carbocycles. The molecule has 0 aliphatic carbocycles. The Balaban J connectivity index is 3.96. The molecule has 0 bridgehead atoms. The van der Waals surface area contributed by atoms with E-state index in [-0.39, 0.29) is 6.61 Å². The molecular formula is C6H11NO4S. The molecule has 0 aromatic rings. The lowest BCUT2D eigenvalue weighted by molar-refractivity contribution is -0.146. The SMILES string of the molecule is CCOC(=O)[C@@H](CO)NC(=O)S. The Hall–Kier alpha value is -0.750. The molecule has 1 amide bonds. The number of rotatable bonds is 4. The summed E-state index contributed by atoms with van der Waals surface area (Å²) >= 11 is 3.39. The van der Waals surface area contributed by atoms with Crippen molar-refractivity contribution in [3.05, 3.63) is 0 Å². The van der Waals surface area contributed by atoms with Crippen molar-refractivity contribution in [1.82, 2.24) is 5.32 Å². The first-order chi connectivity index (χ1) is 5.61. The Morgan fingerprint density at radius 1 is 1.67 bits per heavy atom. The third-order valence-electron chi connectivity index (χ3n) is 1.05. The fourth-order valence-corrected chi connectivity index (χ4v) is 0.727. The van der Waals surface area contributed by atoms with Gasteiger partial charge in [-0.25, -0.2) is 4.79 Å². The minimum atomic E-state index is -1.02. The number of nitrogens with one attached hydrogen (secondary N) is 1. The number of ether oxygens (including phenoxy) is 1. The highest BCUT2D eigenvalue weighted by atomic mass is 32.1. The van der Waals surface area contributed by atoms with Gasteiger partial charge in [0.1, 0.15) is 0 Å². The van der Waals surface area contributed by atoms with Crippen LogP contribution in [0.3, 0.4) is 0 Å². The largest absolute Gasteiger partial charge is 0.464 e. The Kier molecular flexibility index (Phi) is 5.48. The van der Waals surface area contributed by atoms with E-state index >= 15 is 0 Å². The number of hydrogen-bond acceptors (Lipinski definition) is 4. The summed E-state index contributed by atoms with van der Waals surface area (Å²) in [6.45, 7) is 1.35. The number of aliphatic hydroxyl groups is 1. The number of carbonyl (C=O) groups excluding carboxylic acids is 2. The summed E-state index contributed by atoms with van der Waals surface area (Å²) in [6.07, 6.45) is 0. The Bertz CT molecular complexity index is 173. The maximum absolute atomic E-state index is 10.9. The van der Waals surface area contributed by atoms with Gasteiger partial charge in [0.25, 0.3) is 5.24 Å². The zero-order chi connectivity index (χ0) is 9.56. The van der Waals surface area contributed by atoms with E-state index in [0.717, 1.165) is 0 Å². The second kappa shape index (κ2) is 5.84. The highest BCUT2D eigenvalue weighted by Gasteiger charge is 2.19. The average Bonchev–Trinajstić information content (AvgIpc) is 2.00. The van der Waals surface area contributed by atoms with Crippen LogP contribution in [-0.2, 0) is 9.53 Å². The minimum absolute atomic E-state index is 0.206. The minimum Gasteiger partial charge on any atom is -0.464 e. The lowest BCUT2D eigenvalue weighted by Gasteiger charge is -2.12. The monoisotopic (exact) mass is 193 g/mol. The molecule has 0 aromatic heterocycles. The zero-order valence-electron chi connectivity index (χ0n) is 6.61. The molecule has 1 atom stereocenters. The van der Waals surface area contributed by atoms with Crippen molar-refractivity contribution in [3.8, 4) is 0 Å². The lowest BCUT2D eigenvalue weighted by atomic mass is 10.3. The van der Waals surface area contributed by atoms with Gasteiger partial charge in [0.2, 0.25) is 0 Å². The summed E-state index contributed by atoms with van der Waals surface area (Å²) in [4.78, 5) is 21.2. The maximum Gasteiger partial charge on any atom is 0.331 e. The standard InChI is InChI=1S/C6H11NO4S/c1-2-11-5(9)4(3-8)7-6(10)12/h4,8H,2-3H2,1H3,(H2,7,10,12)/t4-/m1/s1. The first kappa shape index (κ1) is 11.2. The molecular weight excluding hydrogens is 182 g/mol. The van der Waals surface area contributed by atoms with Crippen LogP contribution in [0, 0.1) is 0 Å². The lowest BCUT2D eigenvalue weighted by Crippen LogP contribution is -2.42. The van der Waals surface area contributed by atoms with E-state index in [1.165, 1.54) is 0 Å². The normalized spacial score (nSPS) is 11.9. The van der Waals surface area contributed by atoms with Gasteiger partial charge in [0, 0.05) is 0 Å². The van der Waals surface area contributed by atoms with Gasteiger partial charge < -0.3 is 15.2 Å². The molecule has 0 aromatic carbocycles. The first-order valence-electron chi connectivity index (χ1n) is 3.38. The summed E-state index contributed by atoms with van der Waals surface area (Å²) in [6, 6.07) is -1.02. The van der Waals surface area contributed by atoms with Gasteiger partial charge in [-0.2, -0.15) is 0 Å². The van der Waals surface area contributed by atoms with Crippen LogP contribution in [0.1, 0.15) is 6.92 Å². The fourth-order valence-electron chi connectivity index (χ4n) is 0.571. The molecule has 0 unspecified atom stereocenters. The molecule has 2 N–H and O–H groups in total. The number of esters is 1. The van der Waals surface area contributed by atoms with Gasteiger partial charge in [-0.15, -0.1) is 0 Å². The highest BCUT2D eigenvalue weighted by molar-refractivity contribution is 7.96. The maximum atomic E-state index is 10.9. The van der Waals surface area contributed by atoms with Gasteiger partial charge >= 0.3 is 5.97 Å². The van der Waals surface area contributed by atoms with Gasteiger partial charge in [-0.05, 0) is 6.92 Å². The summed E-state index contributed by atoms with van der Waals surface area (Å²) in [5.41, 5.74) is 0. The van der Waals surface area contributed by atoms with Crippen molar-refractivity contribution in [2.45, 2.75) is 13.0 Å². The summed E-state index contributed by atoms with van der Waals surface area (Å²) in [5.74, 6) is -0.664. The third kappa shape index (κ3) is 4.20. The fraction of sp³-hybridized carbons (Fsp3) is 0.667. The van der Waals surface area contributed by atoms with Gasteiger partial charge in [0.15, 0.2) is 6.04 Å². The molecule has 12 heavy (non-hydrogen) atoms. The van der Waals surface area contributed by atoms with Crippen LogP contribution in [0.4, 0.5) is 4.79 Å². The van der Waals surface area contributed by atoms with E-state index < -0.39 is 23.9 Å². The van der Waals surface area contributed by atoms with Crippen molar-refractivity contribution in [2.75, 3.05) is 13.2 Å². The van der Waals surface area contributed by atoms with Gasteiger partial charge in [-0.1, -0.05) is 12.6 Å². The van der Waals surface area contributed by atoms with Crippen molar-refractivity contribution < 1.29 is 19.4 Å². The molecule has 5 nitrogen and oxygen atoms in total. The third-order valence-corrected chi connectivity index (χ3v) is 1.18. The summed E-state index contributed by atoms with van der Waals surface area (Å²) in [7, 11) is 0. The smallest absolute Gasteiger partial charge is 0.331 e. The van der Waals surface area contributed by atoms with Crippen molar-refractivity contribution in [3.63, 3.8) is 0 Å². The predicted molar refractivity (Wildman–Crippen MR) is 45.0 cm³/mol. The number of thiol groups is 1. The van der Waals surface area contributed by atoms with E-state index in [4.69, 9.17) is 5.11 Å². The number of carbonyl (C=O) groups is 2. The van der Waals surface area contributed by atoms with Crippen molar-refractivity contribution in [2.24, 2.45) is 0 Å². The average molecular weight is 193 g/mol. The van der Waals surface area contributed by atoms with E-state index in [1.54, 1.807) is 6.92 Å². The van der Waals surface area contributed by atoms with Crippen molar-refractivity contribution >= 4 is 23.8 Å². The number of amides is 1. The molecule has 0 aliphatic heterocycles. The predicted octanol–water partition coefficient (Wildman–Crippen LogP) is -0.450. The number of aliphatic hydroxyl groups excluding tert-OH is 1. The van der Waals surface area contributed by atoms with Crippen LogP contribution in [0.25, 0.3) is 0 Å². The molecule has 6 heteroatoms. The topological polar surface area (TPSA) is 75.6 Å². The molecule has 0 heterocycles. The van der Waals surface area contributed by atoms with Crippen molar-refractivity contribution in [1.29, 1.82) is 0 Å². The Morgan fingerprint density at radius 3 is 2.58 bits per heavy atom. The highest BCUT2D eigenvalue weighted by Crippen LogP contribution is 1.90. The molecule has 0 radical (unpaired) electrons. The zero-order valence-corrected chi connectivity index (χ0v) is 7.51. The van der Waals surface area contributed by atoms with E-state index in [0.29, 0.717) is 0 Å². The molecule has 0 aliphatic rings. The van der Waals surface area contributed by atoms with E-state index in [1.807, 2.05) is 0 Å². The van der Waals surface area contributed by atoms with Crippen LogP contribution in [0.15, 0.2) is 0 Å². The first-order valence-corrected chi connectivity index (χ1v) is 3.83. The van der Waals surface area contributed by atoms with Crippen LogP contribution < -0.4 is 5.32 Å². The number of hydrogen-bond donors (Lipinski definition) is 3. The quantitative estimate of drug-likeness (QED) is 0.417. The molecule has 70 valence electrons. The van der Waals surface area contributed by atoms with Crippen LogP contribution in [0.2, 0.25) is 0 Å². The van der Waals surface area contributed by atoms with E-state index in [9.17, 15) is 9.59 Å². The summed E-state index contributed by atoms with van der Waals surface area (Å²) < 4.78 is 4.55. The van der Waals surface area contributed by atoms with Gasteiger partial charge in [0.05, 0.1) is 13.2 Å². The molecule has 0 spiro atoms. The second-order valence-corrected chi connectivity index (χ2v) is 2.34. The van der Waals surface area contributed by atoms with Crippen LogP contribution in [0.5, 0.6) is 0 Å². The summed E-state index contributed by atoms with van der Waals surface area (Å²) in [5, 5.41) is 10.1. The van der Waals surface area contributed by atoms with Gasteiger partial charge in [-0.3, -0.25) is 4.79 Å². The molecule has 0 saturated heterocycles. The van der Waals surface area contributed by atoms with Crippen LogP contribution >= 0.6 is 12.6 Å². The second-order valence-electron chi connectivity index (χ2n) is 1.94. The van der Waals surface area contributed by atoms with E-state index in [2.05, 4.69) is 22.7 Å².